The molecule has 1 heterocycles. The Labute approximate surface area is 268 Å². The molecule has 0 spiro atoms. The predicted octanol–water partition coefficient (Wildman–Crippen LogP) is 8.27. The quantitative estimate of drug-likeness (QED) is 0.105. The molecule has 3 N–H and O–H groups in total. The molecule has 45 heavy (non-hydrogen) atoms. The van der Waals surface area contributed by atoms with E-state index < -0.39 is 22.9 Å². The Morgan fingerprint density at radius 2 is 1.49 bits per heavy atom. The molecule has 7 nitrogen and oxygen atoms in total. The summed E-state index contributed by atoms with van der Waals surface area (Å²) in [5.74, 6) is -0.847. The monoisotopic (exact) mass is 639 g/mol. The third-order valence-corrected chi connectivity index (χ3v) is 7.88. The van der Waals surface area contributed by atoms with Crippen LogP contribution in [-0.2, 0) is 9.59 Å². The first-order valence-corrected chi connectivity index (χ1v) is 15.1. The smallest absolute Gasteiger partial charge is 0.272 e. The van der Waals surface area contributed by atoms with Gasteiger partial charge in [-0.05, 0) is 73.7 Å². The van der Waals surface area contributed by atoms with Gasteiger partial charge in [-0.15, -0.1) is 11.8 Å². The van der Waals surface area contributed by atoms with E-state index in [1.807, 2.05) is 30.3 Å². The predicted molar refractivity (Wildman–Crippen MR) is 176 cm³/mol. The van der Waals surface area contributed by atoms with Crippen LogP contribution in [0.1, 0.15) is 23.0 Å². The molecule has 4 aromatic carbocycles. The van der Waals surface area contributed by atoms with Gasteiger partial charge >= 0.3 is 0 Å². The van der Waals surface area contributed by atoms with E-state index >= 15 is 0 Å². The van der Waals surface area contributed by atoms with Crippen molar-refractivity contribution in [3.63, 3.8) is 0 Å². The van der Waals surface area contributed by atoms with Gasteiger partial charge in [0.2, 0.25) is 5.91 Å². The number of halogens is 2. The minimum absolute atomic E-state index is 0.0116. The summed E-state index contributed by atoms with van der Waals surface area (Å²) in [5.41, 5.74) is 2.13. The molecule has 0 fully saturated rings. The van der Waals surface area contributed by atoms with Gasteiger partial charge in [0.05, 0.1) is 10.3 Å². The fourth-order valence-corrected chi connectivity index (χ4v) is 5.21. The maximum Gasteiger partial charge on any atom is 0.272 e. The fourth-order valence-electron chi connectivity index (χ4n) is 4.16. The van der Waals surface area contributed by atoms with E-state index in [1.54, 1.807) is 73.7 Å². The van der Waals surface area contributed by atoms with Crippen LogP contribution in [0.15, 0.2) is 130 Å². The second-order valence-corrected chi connectivity index (χ2v) is 11.6. The van der Waals surface area contributed by atoms with Crippen molar-refractivity contribution in [1.29, 1.82) is 0 Å². The third kappa shape index (κ3) is 8.50. The first-order chi connectivity index (χ1) is 21.7. The highest BCUT2D eigenvalue weighted by atomic mass is 35.5. The number of amides is 3. The Hall–Kier alpha value is -5.12. The van der Waals surface area contributed by atoms with Crippen molar-refractivity contribution in [2.24, 2.45) is 0 Å². The van der Waals surface area contributed by atoms with E-state index in [9.17, 15) is 18.8 Å². The first kappa shape index (κ1) is 31.3. The molecule has 0 unspecified atom stereocenters. The van der Waals surface area contributed by atoms with Gasteiger partial charge < -0.3 is 20.4 Å². The summed E-state index contributed by atoms with van der Waals surface area (Å²) >= 11 is 7.11. The third-order valence-electron chi connectivity index (χ3n) is 6.48. The highest BCUT2D eigenvalue weighted by Crippen LogP contribution is 2.27. The van der Waals surface area contributed by atoms with Crippen molar-refractivity contribution < 1.29 is 23.2 Å². The molecule has 0 aliphatic rings. The Morgan fingerprint density at radius 3 is 2.18 bits per heavy atom. The van der Waals surface area contributed by atoms with Crippen molar-refractivity contribution in [3.8, 4) is 11.3 Å². The van der Waals surface area contributed by atoms with Gasteiger partial charge in [-0.1, -0.05) is 60.1 Å². The lowest BCUT2D eigenvalue weighted by molar-refractivity contribution is -0.115. The van der Waals surface area contributed by atoms with Gasteiger partial charge in [0.15, 0.2) is 0 Å². The van der Waals surface area contributed by atoms with E-state index in [2.05, 4.69) is 16.0 Å². The van der Waals surface area contributed by atoms with E-state index in [0.717, 1.165) is 10.5 Å². The van der Waals surface area contributed by atoms with Crippen LogP contribution in [0, 0.1) is 5.82 Å². The van der Waals surface area contributed by atoms with Gasteiger partial charge in [-0.3, -0.25) is 14.4 Å². The molecule has 226 valence electrons. The number of carbonyl (C=O) groups excluding carboxylic acids is 3. The van der Waals surface area contributed by atoms with Crippen LogP contribution >= 0.6 is 23.4 Å². The van der Waals surface area contributed by atoms with Crippen LogP contribution in [0.2, 0.25) is 5.02 Å². The average molecular weight is 640 g/mol. The molecular weight excluding hydrogens is 613 g/mol. The second kappa shape index (κ2) is 14.6. The number of furan rings is 1. The van der Waals surface area contributed by atoms with Crippen molar-refractivity contribution in [3.05, 3.63) is 143 Å². The Kier molecular flexibility index (Phi) is 10.1. The molecule has 0 radical (unpaired) electrons. The lowest BCUT2D eigenvalue weighted by Crippen LogP contribution is -2.30. The van der Waals surface area contributed by atoms with E-state index in [-0.39, 0.29) is 16.6 Å². The number of anilines is 2. The van der Waals surface area contributed by atoms with E-state index in [4.69, 9.17) is 16.0 Å². The number of hydrogen-bond donors (Lipinski definition) is 3. The zero-order valence-electron chi connectivity index (χ0n) is 23.9. The van der Waals surface area contributed by atoms with Gasteiger partial charge in [-0.25, -0.2) is 4.39 Å². The number of thioether (sulfide) groups is 1. The largest absolute Gasteiger partial charge is 0.457 e. The van der Waals surface area contributed by atoms with Crippen molar-refractivity contribution in [1.82, 2.24) is 5.32 Å². The summed E-state index contributed by atoms with van der Waals surface area (Å²) in [7, 11) is 0. The number of carbonyl (C=O) groups is 3. The normalized spacial score (nSPS) is 11.8. The van der Waals surface area contributed by atoms with Crippen molar-refractivity contribution in [2.45, 2.75) is 17.1 Å². The number of benzene rings is 4. The first-order valence-electron chi connectivity index (χ1n) is 13.8. The molecule has 0 aliphatic heterocycles. The number of nitrogens with one attached hydrogen (secondary N) is 3. The SMILES string of the molecule is C[C@@H](Sc1ccc(NC(=O)/C(=C\c2ccc(-c3ccccc3)o2)NC(=O)c2ccccc2)cc1)C(=O)Nc1ccc(F)c(Cl)c1. The zero-order valence-corrected chi connectivity index (χ0v) is 25.5. The molecular formula is C35H27ClFN3O4S. The second-order valence-electron chi connectivity index (χ2n) is 9.80. The molecule has 5 aromatic rings. The summed E-state index contributed by atoms with van der Waals surface area (Å²) < 4.78 is 19.4. The lowest BCUT2D eigenvalue weighted by atomic mass is 10.2. The molecule has 5 rings (SSSR count). The fraction of sp³-hybridized carbons (Fsp3) is 0.0571. The molecule has 0 aliphatic carbocycles. The maximum atomic E-state index is 13.4. The molecule has 3 amide bonds. The zero-order chi connectivity index (χ0) is 31.8. The summed E-state index contributed by atoms with van der Waals surface area (Å²) in [4.78, 5) is 39.8. The van der Waals surface area contributed by atoms with Crippen LogP contribution in [-0.4, -0.2) is 23.0 Å². The Balaban J connectivity index is 1.27. The van der Waals surface area contributed by atoms with Crippen LogP contribution in [0.25, 0.3) is 17.4 Å². The lowest BCUT2D eigenvalue weighted by Gasteiger charge is -2.13. The number of rotatable bonds is 10. The minimum Gasteiger partial charge on any atom is -0.457 e. The Morgan fingerprint density at radius 1 is 0.822 bits per heavy atom. The van der Waals surface area contributed by atoms with Crippen molar-refractivity contribution in [2.75, 3.05) is 10.6 Å². The molecule has 0 bridgehead atoms. The molecule has 0 saturated carbocycles. The Bertz CT molecular complexity index is 1840. The van der Waals surface area contributed by atoms with Crippen LogP contribution in [0.3, 0.4) is 0 Å². The standard InChI is InChI=1S/C35H27ClFN3O4S/c1-22(33(41)39-26-14-18-30(37)29(36)20-26)45-28-16-12-25(13-17-28)38-35(43)31(40-34(42)24-10-6-3-7-11-24)21-27-15-19-32(44-27)23-8-4-2-5-9-23/h2-22H,1H3,(H,38,43)(H,39,41)(H,40,42)/b31-21+/t22-/m1/s1. The van der Waals surface area contributed by atoms with Gasteiger partial charge in [-0.2, -0.15) is 0 Å². The van der Waals surface area contributed by atoms with Gasteiger partial charge in [0.1, 0.15) is 23.0 Å². The average Bonchev–Trinajstić information content (AvgIpc) is 3.53. The van der Waals surface area contributed by atoms with Crippen LogP contribution in [0.5, 0.6) is 0 Å². The summed E-state index contributed by atoms with van der Waals surface area (Å²) in [6.45, 7) is 1.74. The molecule has 0 saturated heterocycles. The number of hydrogen-bond acceptors (Lipinski definition) is 5. The highest BCUT2D eigenvalue weighted by Gasteiger charge is 2.18. The van der Waals surface area contributed by atoms with Gasteiger partial charge in [0, 0.05) is 33.5 Å². The highest BCUT2D eigenvalue weighted by molar-refractivity contribution is 8.00. The maximum absolute atomic E-state index is 13.4. The van der Waals surface area contributed by atoms with Crippen LogP contribution < -0.4 is 16.0 Å². The summed E-state index contributed by atoms with van der Waals surface area (Å²) in [5, 5.41) is 7.67. The molecule has 1 aromatic heterocycles. The van der Waals surface area contributed by atoms with E-state index in [0.29, 0.717) is 28.5 Å². The minimum atomic E-state index is -0.566. The van der Waals surface area contributed by atoms with Crippen LogP contribution in [0.4, 0.5) is 15.8 Å². The van der Waals surface area contributed by atoms with Gasteiger partial charge in [0.25, 0.3) is 11.8 Å². The van der Waals surface area contributed by atoms with E-state index in [1.165, 1.54) is 36.0 Å². The topological polar surface area (TPSA) is 100 Å². The molecule has 1 atom stereocenters. The van der Waals surface area contributed by atoms with Crippen molar-refractivity contribution >= 4 is 58.5 Å². The summed E-state index contributed by atoms with van der Waals surface area (Å²) in [6.07, 6.45) is 1.47. The summed E-state index contributed by atoms with van der Waals surface area (Å²) in [6, 6.07) is 32.5. The molecule has 10 heteroatoms.